The molecule has 132 valence electrons. The van der Waals surface area contributed by atoms with Crippen LogP contribution in [0, 0.1) is 6.92 Å². The van der Waals surface area contributed by atoms with Crippen molar-refractivity contribution in [1.82, 2.24) is 15.0 Å². The van der Waals surface area contributed by atoms with E-state index in [1.54, 1.807) is 0 Å². The zero-order chi connectivity index (χ0) is 17.2. The van der Waals surface area contributed by atoms with Gasteiger partial charge in [-0.3, -0.25) is 4.79 Å². The number of aromatic nitrogens is 2. The minimum Gasteiger partial charge on any atom is -0.454 e. The van der Waals surface area contributed by atoms with Crippen molar-refractivity contribution in [3.8, 4) is 11.5 Å². The number of carbonyl (C=O) groups is 1. The van der Waals surface area contributed by atoms with Crippen molar-refractivity contribution in [2.75, 3.05) is 19.9 Å². The number of hydrogen-bond acceptors (Lipinski definition) is 6. The van der Waals surface area contributed by atoms with Crippen molar-refractivity contribution in [2.24, 2.45) is 0 Å². The molecule has 0 aliphatic carbocycles. The van der Waals surface area contributed by atoms with Crippen LogP contribution >= 0.6 is 0 Å². The molecule has 7 nitrogen and oxygen atoms in total. The monoisotopic (exact) mass is 343 g/mol. The lowest BCUT2D eigenvalue weighted by Crippen LogP contribution is -2.39. The molecule has 1 amide bonds. The maximum atomic E-state index is 12.6. The van der Waals surface area contributed by atoms with Crippen LogP contribution in [0.25, 0.3) is 0 Å². The van der Waals surface area contributed by atoms with E-state index in [1.807, 2.05) is 30.0 Å². The van der Waals surface area contributed by atoms with Crippen LogP contribution in [-0.2, 0) is 11.2 Å². The molecule has 0 radical (unpaired) electrons. The molecule has 0 bridgehead atoms. The second-order valence-corrected chi connectivity index (χ2v) is 6.55. The van der Waals surface area contributed by atoms with E-state index in [4.69, 9.17) is 14.0 Å². The number of piperidine rings is 1. The van der Waals surface area contributed by atoms with Crippen LogP contribution in [0.1, 0.15) is 42.5 Å². The standard InChI is InChI=1S/C18H21N3O4/c1-12-19-18(25-20-12)14-3-2-8-21(10-14)17(22)7-5-13-4-6-15-16(9-13)24-11-23-15/h4,6,9,14H,2-3,5,7-8,10-11H2,1H3/t14-/m1/s1. The van der Waals surface area contributed by atoms with Gasteiger partial charge in [0.15, 0.2) is 17.3 Å². The van der Waals surface area contributed by atoms with Gasteiger partial charge in [-0.2, -0.15) is 4.98 Å². The highest BCUT2D eigenvalue weighted by atomic mass is 16.7. The molecule has 0 N–H and O–H groups in total. The van der Waals surface area contributed by atoms with Crippen molar-refractivity contribution in [2.45, 2.75) is 38.5 Å². The molecule has 3 heterocycles. The van der Waals surface area contributed by atoms with E-state index < -0.39 is 0 Å². The van der Waals surface area contributed by atoms with Crippen molar-refractivity contribution in [3.63, 3.8) is 0 Å². The highest BCUT2D eigenvalue weighted by Gasteiger charge is 2.28. The number of aryl methyl sites for hydroxylation is 2. The minimum atomic E-state index is 0.143. The average molecular weight is 343 g/mol. The van der Waals surface area contributed by atoms with Gasteiger partial charge in [-0.15, -0.1) is 0 Å². The zero-order valence-corrected chi connectivity index (χ0v) is 14.2. The third kappa shape index (κ3) is 3.45. The molecule has 1 aromatic heterocycles. The molecule has 4 rings (SSSR count). The molecule has 0 saturated carbocycles. The summed E-state index contributed by atoms with van der Waals surface area (Å²) in [6.07, 6.45) is 3.11. The molecule has 2 aliphatic heterocycles. The summed E-state index contributed by atoms with van der Waals surface area (Å²) in [4.78, 5) is 18.8. The van der Waals surface area contributed by atoms with Crippen LogP contribution in [0.5, 0.6) is 11.5 Å². The summed E-state index contributed by atoms with van der Waals surface area (Å²) in [5.41, 5.74) is 1.08. The number of fused-ring (bicyclic) bond motifs is 1. The van der Waals surface area contributed by atoms with E-state index in [0.29, 0.717) is 31.1 Å². The lowest BCUT2D eigenvalue weighted by atomic mass is 9.97. The first-order valence-electron chi connectivity index (χ1n) is 8.65. The number of hydrogen-bond donors (Lipinski definition) is 0. The average Bonchev–Trinajstić information content (AvgIpc) is 3.28. The van der Waals surface area contributed by atoms with Crippen LogP contribution in [-0.4, -0.2) is 40.8 Å². The van der Waals surface area contributed by atoms with Gasteiger partial charge in [-0.1, -0.05) is 11.2 Å². The maximum absolute atomic E-state index is 12.6. The van der Waals surface area contributed by atoms with Gasteiger partial charge in [-0.25, -0.2) is 0 Å². The summed E-state index contributed by atoms with van der Waals surface area (Å²) in [6, 6.07) is 5.84. The molecule has 2 aromatic rings. The van der Waals surface area contributed by atoms with Gasteiger partial charge in [0.1, 0.15) is 0 Å². The summed E-state index contributed by atoms with van der Waals surface area (Å²) < 4.78 is 16.0. The summed E-state index contributed by atoms with van der Waals surface area (Å²) in [5.74, 6) is 3.12. The van der Waals surface area contributed by atoms with Crippen LogP contribution in [0.15, 0.2) is 22.7 Å². The summed E-state index contributed by atoms with van der Waals surface area (Å²) in [6.45, 7) is 3.53. The predicted molar refractivity (Wildman–Crippen MR) is 88.5 cm³/mol. The fourth-order valence-electron chi connectivity index (χ4n) is 3.39. The topological polar surface area (TPSA) is 77.7 Å². The molecule has 2 aliphatic rings. The first-order valence-corrected chi connectivity index (χ1v) is 8.65. The van der Waals surface area contributed by atoms with Gasteiger partial charge >= 0.3 is 0 Å². The second-order valence-electron chi connectivity index (χ2n) is 6.55. The van der Waals surface area contributed by atoms with Crippen molar-refractivity contribution in [1.29, 1.82) is 0 Å². The Morgan fingerprint density at radius 2 is 2.20 bits per heavy atom. The number of likely N-dealkylation sites (tertiary alicyclic amines) is 1. The molecule has 1 atom stereocenters. The van der Waals surface area contributed by atoms with Crippen molar-refractivity contribution < 1.29 is 18.8 Å². The van der Waals surface area contributed by atoms with Crippen molar-refractivity contribution >= 4 is 5.91 Å². The molecule has 1 fully saturated rings. The van der Waals surface area contributed by atoms with E-state index in [9.17, 15) is 4.79 Å². The Kier molecular flexibility index (Phi) is 4.29. The lowest BCUT2D eigenvalue weighted by Gasteiger charge is -2.31. The van der Waals surface area contributed by atoms with Crippen LogP contribution in [0.3, 0.4) is 0 Å². The number of nitrogens with zero attached hydrogens (tertiary/aromatic N) is 3. The molecule has 7 heteroatoms. The van der Waals surface area contributed by atoms with Gasteiger partial charge in [0.2, 0.25) is 18.6 Å². The molecule has 0 unspecified atom stereocenters. The van der Waals surface area contributed by atoms with E-state index in [1.165, 1.54) is 0 Å². The SMILES string of the molecule is Cc1noc([C@@H]2CCCN(C(=O)CCc3ccc4c(c3)OCO4)C2)n1. The molecule has 25 heavy (non-hydrogen) atoms. The Labute approximate surface area is 145 Å². The van der Waals surface area contributed by atoms with Crippen molar-refractivity contribution in [3.05, 3.63) is 35.5 Å². The van der Waals surface area contributed by atoms with Gasteiger partial charge in [0.25, 0.3) is 0 Å². The number of rotatable bonds is 4. The number of amides is 1. The van der Waals surface area contributed by atoms with Crippen LogP contribution in [0.4, 0.5) is 0 Å². The Morgan fingerprint density at radius 1 is 1.32 bits per heavy atom. The maximum Gasteiger partial charge on any atom is 0.231 e. The van der Waals surface area contributed by atoms with Gasteiger partial charge in [-0.05, 0) is 43.9 Å². The van der Waals surface area contributed by atoms with Gasteiger partial charge in [0, 0.05) is 19.5 Å². The predicted octanol–water partition coefficient (Wildman–Crippen LogP) is 2.45. The Morgan fingerprint density at radius 3 is 3.04 bits per heavy atom. The van der Waals surface area contributed by atoms with E-state index >= 15 is 0 Å². The van der Waals surface area contributed by atoms with E-state index in [0.717, 1.165) is 36.4 Å². The lowest BCUT2D eigenvalue weighted by molar-refractivity contribution is -0.132. The molecule has 0 spiro atoms. The zero-order valence-electron chi connectivity index (χ0n) is 14.2. The number of ether oxygens (including phenoxy) is 2. The highest BCUT2D eigenvalue weighted by molar-refractivity contribution is 5.76. The van der Waals surface area contributed by atoms with Gasteiger partial charge < -0.3 is 18.9 Å². The van der Waals surface area contributed by atoms with Crippen LogP contribution in [0.2, 0.25) is 0 Å². The Hall–Kier alpha value is -2.57. The highest BCUT2D eigenvalue weighted by Crippen LogP contribution is 2.33. The quantitative estimate of drug-likeness (QED) is 0.848. The Balaban J connectivity index is 1.34. The second kappa shape index (κ2) is 6.74. The Bertz CT molecular complexity index is 773. The van der Waals surface area contributed by atoms with Crippen LogP contribution < -0.4 is 9.47 Å². The largest absolute Gasteiger partial charge is 0.454 e. The first kappa shape index (κ1) is 15.9. The molecular formula is C18H21N3O4. The van der Waals surface area contributed by atoms with E-state index in [-0.39, 0.29) is 18.6 Å². The normalized spacial score (nSPS) is 19.2. The fraction of sp³-hybridized carbons (Fsp3) is 0.500. The molecular weight excluding hydrogens is 322 g/mol. The fourth-order valence-corrected chi connectivity index (χ4v) is 3.39. The van der Waals surface area contributed by atoms with Gasteiger partial charge in [0.05, 0.1) is 5.92 Å². The minimum absolute atomic E-state index is 0.143. The number of benzene rings is 1. The third-order valence-electron chi connectivity index (χ3n) is 4.73. The first-order chi connectivity index (χ1) is 12.2. The number of carbonyl (C=O) groups excluding carboxylic acids is 1. The summed E-state index contributed by atoms with van der Waals surface area (Å²) >= 11 is 0. The molecule has 1 aromatic carbocycles. The molecule has 1 saturated heterocycles. The summed E-state index contributed by atoms with van der Waals surface area (Å²) in [5, 5.41) is 3.85. The van der Waals surface area contributed by atoms with E-state index in [2.05, 4.69) is 10.1 Å². The smallest absolute Gasteiger partial charge is 0.231 e. The summed E-state index contributed by atoms with van der Waals surface area (Å²) in [7, 11) is 0. The third-order valence-corrected chi connectivity index (χ3v) is 4.73.